The Labute approximate surface area is 106 Å². The first-order valence-corrected chi connectivity index (χ1v) is 7.29. The van der Waals surface area contributed by atoms with Crippen LogP contribution in [0.25, 0.3) is 0 Å². The molecule has 17 heavy (non-hydrogen) atoms. The summed E-state index contributed by atoms with van der Waals surface area (Å²) >= 11 is 0. The lowest BCUT2D eigenvalue weighted by molar-refractivity contribution is -0.121. The van der Waals surface area contributed by atoms with E-state index in [1.165, 1.54) is 32.1 Å². The van der Waals surface area contributed by atoms with E-state index in [1.807, 2.05) is 0 Å². The van der Waals surface area contributed by atoms with Gasteiger partial charge in [0.1, 0.15) is 0 Å². The standard InChI is InChI=1S/C14H28N2O/c15-11-5-2-6-12-16-14(17)10-9-13-7-3-1-4-8-13/h13H,1-12,15H2,(H,16,17). The topological polar surface area (TPSA) is 55.1 Å². The SMILES string of the molecule is NCCCCCNC(=O)CCC1CCCCC1. The maximum absolute atomic E-state index is 11.6. The Morgan fingerprint density at radius 1 is 1.12 bits per heavy atom. The van der Waals surface area contributed by atoms with Crippen LogP contribution >= 0.6 is 0 Å². The zero-order valence-electron chi connectivity index (χ0n) is 11.0. The van der Waals surface area contributed by atoms with Crippen molar-refractivity contribution >= 4 is 5.91 Å². The predicted molar refractivity (Wildman–Crippen MR) is 71.7 cm³/mol. The van der Waals surface area contributed by atoms with Gasteiger partial charge in [0, 0.05) is 13.0 Å². The van der Waals surface area contributed by atoms with Gasteiger partial charge in [-0.2, -0.15) is 0 Å². The second-order valence-electron chi connectivity index (χ2n) is 5.24. The van der Waals surface area contributed by atoms with E-state index in [0.717, 1.165) is 51.1 Å². The van der Waals surface area contributed by atoms with E-state index in [4.69, 9.17) is 5.73 Å². The summed E-state index contributed by atoms with van der Waals surface area (Å²) in [6.07, 6.45) is 11.9. The number of nitrogens with one attached hydrogen (secondary N) is 1. The van der Waals surface area contributed by atoms with Crippen molar-refractivity contribution < 1.29 is 4.79 Å². The van der Waals surface area contributed by atoms with Crippen molar-refractivity contribution in [2.75, 3.05) is 13.1 Å². The lowest BCUT2D eigenvalue weighted by Gasteiger charge is -2.20. The van der Waals surface area contributed by atoms with Crippen molar-refractivity contribution in [3.63, 3.8) is 0 Å². The minimum atomic E-state index is 0.239. The molecule has 0 bridgehead atoms. The maximum Gasteiger partial charge on any atom is 0.220 e. The summed E-state index contributed by atoms with van der Waals surface area (Å²) in [6, 6.07) is 0. The first-order valence-electron chi connectivity index (χ1n) is 7.29. The lowest BCUT2D eigenvalue weighted by atomic mass is 9.86. The molecule has 3 heteroatoms. The van der Waals surface area contributed by atoms with E-state index in [2.05, 4.69) is 5.32 Å². The predicted octanol–water partition coefficient (Wildman–Crippen LogP) is 2.59. The molecule has 0 aliphatic heterocycles. The third-order valence-corrected chi connectivity index (χ3v) is 3.71. The summed E-state index contributed by atoms with van der Waals surface area (Å²) in [4.78, 5) is 11.6. The van der Waals surface area contributed by atoms with Crippen molar-refractivity contribution in [2.45, 2.75) is 64.2 Å². The first-order chi connectivity index (χ1) is 8.33. The van der Waals surface area contributed by atoms with Gasteiger partial charge in [-0.05, 0) is 31.7 Å². The highest BCUT2D eigenvalue weighted by atomic mass is 16.1. The average molecular weight is 240 g/mol. The Bertz CT molecular complexity index is 200. The van der Waals surface area contributed by atoms with E-state index in [9.17, 15) is 4.79 Å². The molecule has 1 amide bonds. The molecule has 0 saturated heterocycles. The number of unbranched alkanes of at least 4 members (excludes halogenated alkanes) is 2. The van der Waals surface area contributed by atoms with Crippen LogP contribution in [0.1, 0.15) is 64.2 Å². The number of hydrogen-bond donors (Lipinski definition) is 2. The fraction of sp³-hybridized carbons (Fsp3) is 0.929. The molecular formula is C14H28N2O. The molecule has 1 aliphatic rings. The Morgan fingerprint density at radius 3 is 2.59 bits per heavy atom. The largest absolute Gasteiger partial charge is 0.356 e. The Morgan fingerprint density at radius 2 is 1.88 bits per heavy atom. The number of amides is 1. The van der Waals surface area contributed by atoms with Crippen LogP contribution in [0, 0.1) is 5.92 Å². The number of rotatable bonds is 8. The molecule has 0 aromatic heterocycles. The normalized spacial score (nSPS) is 17.0. The van der Waals surface area contributed by atoms with E-state index in [-0.39, 0.29) is 5.91 Å². The molecule has 0 aromatic rings. The summed E-state index contributed by atoms with van der Waals surface area (Å²) in [6.45, 7) is 1.58. The van der Waals surface area contributed by atoms with Gasteiger partial charge >= 0.3 is 0 Å². The molecule has 100 valence electrons. The van der Waals surface area contributed by atoms with Crippen LogP contribution in [-0.4, -0.2) is 19.0 Å². The molecule has 3 nitrogen and oxygen atoms in total. The number of nitrogens with two attached hydrogens (primary N) is 1. The number of carbonyl (C=O) groups excluding carboxylic acids is 1. The van der Waals surface area contributed by atoms with Crippen LogP contribution in [0.15, 0.2) is 0 Å². The van der Waals surface area contributed by atoms with Gasteiger partial charge in [0.05, 0.1) is 0 Å². The molecule has 1 fully saturated rings. The van der Waals surface area contributed by atoms with Crippen LogP contribution in [-0.2, 0) is 4.79 Å². The molecule has 1 saturated carbocycles. The lowest BCUT2D eigenvalue weighted by Crippen LogP contribution is -2.25. The number of hydrogen-bond acceptors (Lipinski definition) is 2. The molecule has 0 aromatic carbocycles. The monoisotopic (exact) mass is 240 g/mol. The molecule has 0 spiro atoms. The van der Waals surface area contributed by atoms with E-state index in [1.54, 1.807) is 0 Å². The van der Waals surface area contributed by atoms with Gasteiger partial charge in [-0.25, -0.2) is 0 Å². The molecule has 0 unspecified atom stereocenters. The van der Waals surface area contributed by atoms with Gasteiger partial charge < -0.3 is 11.1 Å². The Balaban J connectivity index is 1.93. The van der Waals surface area contributed by atoms with E-state index < -0.39 is 0 Å². The fourth-order valence-electron chi connectivity index (χ4n) is 2.57. The molecule has 0 atom stereocenters. The van der Waals surface area contributed by atoms with Gasteiger partial charge in [-0.1, -0.05) is 38.5 Å². The summed E-state index contributed by atoms with van der Waals surface area (Å²) in [7, 11) is 0. The molecule has 1 rings (SSSR count). The minimum absolute atomic E-state index is 0.239. The highest BCUT2D eigenvalue weighted by Gasteiger charge is 2.14. The van der Waals surface area contributed by atoms with Crippen molar-refractivity contribution in [3.05, 3.63) is 0 Å². The third-order valence-electron chi connectivity index (χ3n) is 3.71. The van der Waals surface area contributed by atoms with Gasteiger partial charge in [-0.15, -0.1) is 0 Å². The van der Waals surface area contributed by atoms with Crippen molar-refractivity contribution in [1.82, 2.24) is 5.32 Å². The van der Waals surface area contributed by atoms with E-state index >= 15 is 0 Å². The van der Waals surface area contributed by atoms with E-state index in [0.29, 0.717) is 0 Å². The van der Waals surface area contributed by atoms with Crippen molar-refractivity contribution in [3.8, 4) is 0 Å². The van der Waals surface area contributed by atoms with Crippen molar-refractivity contribution in [1.29, 1.82) is 0 Å². The van der Waals surface area contributed by atoms with Crippen LogP contribution < -0.4 is 11.1 Å². The van der Waals surface area contributed by atoms with Crippen molar-refractivity contribution in [2.24, 2.45) is 11.7 Å². The van der Waals surface area contributed by atoms with Crippen LogP contribution in [0.5, 0.6) is 0 Å². The second kappa shape index (κ2) is 9.46. The van der Waals surface area contributed by atoms with Crippen LogP contribution in [0.2, 0.25) is 0 Å². The zero-order valence-corrected chi connectivity index (χ0v) is 11.0. The highest BCUT2D eigenvalue weighted by molar-refractivity contribution is 5.75. The van der Waals surface area contributed by atoms with Gasteiger partial charge in [-0.3, -0.25) is 4.79 Å². The molecule has 1 aliphatic carbocycles. The zero-order chi connectivity index (χ0) is 12.3. The summed E-state index contributed by atoms with van der Waals surface area (Å²) < 4.78 is 0. The Hall–Kier alpha value is -0.570. The minimum Gasteiger partial charge on any atom is -0.356 e. The molecular weight excluding hydrogens is 212 g/mol. The van der Waals surface area contributed by atoms with Crippen LogP contribution in [0.3, 0.4) is 0 Å². The quantitative estimate of drug-likeness (QED) is 0.641. The van der Waals surface area contributed by atoms with Crippen LogP contribution in [0.4, 0.5) is 0 Å². The summed E-state index contributed by atoms with van der Waals surface area (Å²) in [5, 5.41) is 3.00. The molecule has 0 radical (unpaired) electrons. The second-order valence-corrected chi connectivity index (χ2v) is 5.24. The molecule has 3 N–H and O–H groups in total. The highest BCUT2D eigenvalue weighted by Crippen LogP contribution is 2.27. The fourth-order valence-corrected chi connectivity index (χ4v) is 2.57. The van der Waals surface area contributed by atoms with Gasteiger partial charge in [0.15, 0.2) is 0 Å². The summed E-state index contributed by atoms with van der Waals surface area (Å²) in [5.41, 5.74) is 5.41. The third kappa shape index (κ3) is 7.37. The average Bonchev–Trinajstić information content (AvgIpc) is 2.37. The first kappa shape index (κ1) is 14.5. The molecule has 0 heterocycles. The summed E-state index contributed by atoms with van der Waals surface area (Å²) in [5.74, 6) is 1.05. The maximum atomic E-state index is 11.6. The van der Waals surface area contributed by atoms with Gasteiger partial charge in [0.25, 0.3) is 0 Å². The van der Waals surface area contributed by atoms with Gasteiger partial charge in [0.2, 0.25) is 5.91 Å². The smallest absolute Gasteiger partial charge is 0.220 e. The number of carbonyl (C=O) groups is 1. The Kier molecular flexibility index (Phi) is 8.06.